The van der Waals surface area contributed by atoms with Crippen molar-refractivity contribution < 1.29 is 23.9 Å². The van der Waals surface area contributed by atoms with Crippen LogP contribution in [0.5, 0.6) is 0 Å². The van der Waals surface area contributed by atoms with E-state index < -0.39 is 12.2 Å². The fraction of sp³-hybridized carbons (Fsp3) is 0.842. The van der Waals surface area contributed by atoms with Crippen LogP contribution in [0.1, 0.15) is 51.4 Å². The molecule has 0 saturated carbocycles. The molecule has 0 bridgehead atoms. The summed E-state index contributed by atoms with van der Waals surface area (Å²) in [6.07, 6.45) is 5.69. The van der Waals surface area contributed by atoms with E-state index in [-0.39, 0.29) is 38.3 Å². The van der Waals surface area contributed by atoms with Gasteiger partial charge in [0.15, 0.2) is 0 Å². The Kier molecular flexibility index (Phi) is 17.6. The first-order chi connectivity index (χ1) is 14.4. The molecule has 9 N–H and O–H groups in total. The summed E-state index contributed by atoms with van der Waals surface area (Å²) in [5.74, 6) is -0.379. The van der Waals surface area contributed by atoms with Crippen molar-refractivity contribution in [1.29, 1.82) is 0 Å². The zero-order valence-electron chi connectivity index (χ0n) is 18.0. The Labute approximate surface area is 179 Å². The first-order valence-electron chi connectivity index (χ1n) is 10.7. The molecule has 0 rings (SSSR count). The fourth-order valence-corrected chi connectivity index (χ4v) is 2.69. The molecule has 0 aliphatic carbocycles. The maximum atomic E-state index is 12.4. The molecule has 0 heterocycles. The summed E-state index contributed by atoms with van der Waals surface area (Å²) in [5.41, 5.74) is 21.8. The predicted octanol–water partition coefficient (Wildman–Crippen LogP) is 0.00200. The van der Waals surface area contributed by atoms with Crippen molar-refractivity contribution in [2.45, 2.75) is 57.4 Å². The molecule has 11 nitrogen and oxygen atoms in total. The molecule has 3 amide bonds. The van der Waals surface area contributed by atoms with Crippen molar-refractivity contribution in [3.8, 4) is 0 Å². The van der Waals surface area contributed by atoms with Crippen molar-refractivity contribution in [3.05, 3.63) is 0 Å². The standard InChI is InChI=1S/C19H40N6O5/c20-9-5-2-1-3-7-12-25(14-17(26)24-11-13-29-18(23)27)19(28)30-15-16(22)8-4-6-10-21/h16H,1-15,20-22H2,(H2,23,27)(H,24,26). The molecular weight excluding hydrogens is 392 g/mol. The van der Waals surface area contributed by atoms with E-state index in [1.807, 2.05) is 0 Å². The zero-order chi connectivity index (χ0) is 22.6. The number of nitrogens with one attached hydrogen (secondary N) is 1. The van der Waals surface area contributed by atoms with Crippen LogP contribution in [-0.2, 0) is 14.3 Å². The van der Waals surface area contributed by atoms with Gasteiger partial charge in [0.1, 0.15) is 19.8 Å². The van der Waals surface area contributed by atoms with Crippen molar-refractivity contribution in [3.63, 3.8) is 0 Å². The van der Waals surface area contributed by atoms with E-state index in [9.17, 15) is 14.4 Å². The van der Waals surface area contributed by atoms with Gasteiger partial charge >= 0.3 is 12.2 Å². The van der Waals surface area contributed by atoms with E-state index in [1.54, 1.807) is 0 Å². The molecule has 0 fully saturated rings. The van der Waals surface area contributed by atoms with Gasteiger partial charge in [-0.2, -0.15) is 0 Å². The number of hydrogen-bond acceptors (Lipinski definition) is 8. The first kappa shape index (κ1) is 27.9. The summed E-state index contributed by atoms with van der Waals surface area (Å²) in [6.45, 7) is 1.68. The minimum atomic E-state index is -0.910. The van der Waals surface area contributed by atoms with Gasteiger partial charge in [-0.15, -0.1) is 0 Å². The third kappa shape index (κ3) is 16.8. The van der Waals surface area contributed by atoms with Crippen LogP contribution < -0.4 is 28.3 Å². The van der Waals surface area contributed by atoms with Crippen LogP contribution in [-0.4, -0.2) is 75.0 Å². The molecule has 11 heteroatoms. The summed E-state index contributed by atoms with van der Waals surface area (Å²) in [4.78, 5) is 36.4. The SMILES string of the molecule is NCCCCCCCN(CC(=O)NCCOC(N)=O)C(=O)OCC(N)CCCCN. The molecular formula is C19H40N6O5. The van der Waals surface area contributed by atoms with Crippen molar-refractivity contribution >= 4 is 18.1 Å². The average Bonchev–Trinajstić information content (AvgIpc) is 2.71. The number of nitrogens with zero attached hydrogens (tertiary/aromatic N) is 1. The number of carbonyl (C=O) groups excluding carboxylic acids is 3. The second-order valence-corrected chi connectivity index (χ2v) is 7.12. The normalized spacial score (nSPS) is 11.6. The minimum absolute atomic E-state index is 0.0374. The molecule has 30 heavy (non-hydrogen) atoms. The molecule has 176 valence electrons. The van der Waals surface area contributed by atoms with E-state index in [0.717, 1.165) is 44.9 Å². The number of primary amides is 1. The summed E-state index contributed by atoms with van der Waals surface area (Å²) in [6, 6.07) is -0.265. The Bertz CT molecular complexity index is 480. The highest BCUT2D eigenvalue weighted by atomic mass is 16.6. The Morgan fingerprint density at radius 1 is 0.900 bits per heavy atom. The quantitative estimate of drug-likeness (QED) is 0.187. The second-order valence-electron chi connectivity index (χ2n) is 7.12. The second kappa shape index (κ2) is 18.9. The van der Waals surface area contributed by atoms with Gasteiger partial charge < -0.3 is 37.7 Å². The molecule has 0 aromatic carbocycles. The monoisotopic (exact) mass is 432 g/mol. The van der Waals surface area contributed by atoms with Gasteiger partial charge in [0.2, 0.25) is 5.91 Å². The van der Waals surface area contributed by atoms with Gasteiger partial charge in [-0.3, -0.25) is 9.69 Å². The van der Waals surface area contributed by atoms with Crippen LogP contribution in [0, 0.1) is 0 Å². The molecule has 0 aliphatic rings. The van der Waals surface area contributed by atoms with E-state index in [1.165, 1.54) is 4.90 Å². The van der Waals surface area contributed by atoms with Crippen LogP contribution in [0.4, 0.5) is 9.59 Å². The lowest BCUT2D eigenvalue weighted by Crippen LogP contribution is -2.43. The highest BCUT2D eigenvalue weighted by molar-refractivity contribution is 5.82. The number of ether oxygens (including phenoxy) is 2. The van der Waals surface area contributed by atoms with Gasteiger partial charge in [-0.1, -0.05) is 25.7 Å². The highest BCUT2D eigenvalue weighted by Gasteiger charge is 2.19. The summed E-state index contributed by atoms with van der Waals surface area (Å²) in [7, 11) is 0. The number of hydrogen-bond donors (Lipinski definition) is 5. The Morgan fingerprint density at radius 3 is 2.20 bits per heavy atom. The predicted molar refractivity (Wildman–Crippen MR) is 114 cm³/mol. The topological polar surface area (TPSA) is 189 Å². The van der Waals surface area contributed by atoms with Crippen LogP contribution >= 0.6 is 0 Å². The first-order valence-corrected chi connectivity index (χ1v) is 10.7. The van der Waals surface area contributed by atoms with Gasteiger partial charge in [0, 0.05) is 12.6 Å². The average molecular weight is 433 g/mol. The Hall–Kier alpha value is -2.11. The van der Waals surface area contributed by atoms with Gasteiger partial charge in [0.25, 0.3) is 0 Å². The smallest absolute Gasteiger partial charge is 0.410 e. The van der Waals surface area contributed by atoms with Gasteiger partial charge in [-0.05, 0) is 38.8 Å². The molecule has 0 radical (unpaired) electrons. The molecule has 0 saturated heterocycles. The van der Waals surface area contributed by atoms with Gasteiger partial charge in [-0.25, -0.2) is 9.59 Å². The van der Waals surface area contributed by atoms with Crippen LogP contribution in [0.3, 0.4) is 0 Å². The summed E-state index contributed by atoms with van der Waals surface area (Å²) < 4.78 is 9.85. The summed E-state index contributed by atoms with van der Waals surface area (Å²) in [5, 5.41) is 2.57. The van der Waals surface area contributed by atoms with Crippen LogP contribution in [0.2, 0.25) is 0 Å². The van der Waals surface area contributed by atoms with E-state index in [4.69, 9.17) is 27.7 Å². The number of carbonyl (C=O) groups is 3. The number of rotatable bonds is 18. The summed E-state index contributed by atoms with van der Waals surface area (Å²) >= 11 is 0. The maximum absolute atomic E-state index is 12.4. The lowest BCUT2D eigenvalue weighted by Gasteiger charge is -2.23. The molecule has 1 atom stereocenters. The maximum Gasteiger partial charge on any atom is 0.410 e. The van der Waals surface area contributed by atoms with Crippen LogP contribution in [0.25, 0.3) is 0 Å². The van der Waals surface area contributed by atoms with E-state index in [0.29, 0.717) is 26.1 Å². The minimum Gasteiger partial charge on any atom is -0.448 e. The van der Waals surface area contributed by atoms with Gasteiger partial charge in [0.05, 0.1) is 6.54 Å². The van der Waals surface area contributed by atoms with Crippen LogP contribution in [0.15, 0.2) is 0 Å². The molecule has 1 unspecified atom stereocenters. The largest absolute Gasteiger partial charge is 0.448 e. The lowest BCUT2D eigenvalue weighted by atomic mass is 10.1. The molecule has 0 aromatic rings. The number of unbranched alkanes of at least 4 members (excludes halogenated alkanes) is 5. The number of amides is 3. The zero-order valence-corrected chi connectivity index (χ0v) is 18.0. The Morgan fingerprint density at radius 2 is 1.53 bits per heavy atom. The third-order valence-electron chi connectivity index (χ3n) is 4.34. The number of nitrogens with two attached hydrogens (primary N) is 4. The van der Waals surface area contributed by atoms with E-state index >= 15 is 0 Å². The molecule has 0 aromatic heterocycles. The Balaban J connectivity index is 4.44. The van der Waals surface area contributed by atoms with Crippen molar-refractivity contribution in [1.82, 2.24) is 10.2 Å². The molecule has 0 aliphatic heterocycles. The fourth-order valence-electron chi connectivity index (χ4n) is 2.69. The van der Waals surface area contributed by atoms with E-state index in [2.05, 4.69) is 10.1 Å². The highest BCUT2D eigenvalue weighted by Crippen LogP contribution is 2.06. The third-order valence-corrected chi connectivity index (χ3v) is 4.34. The molecule has 0 spiro atoms. The van der Waals surface area contributed by atoms with Crippen molar-refractivity contribution in [2.75, 3.05) is 45.9 Å². The lowest BCUT2D eigenvalue weighted by molar-refractivity contribution is -0.122. The van der Waals surface area contributed by atoms with Crippen molar-refractivity contribution in [2.24, 2.45) is 22.9 Å².